The van der Waals surface area contributed by atoms with Crippen LogP contribution in [-0.2, 0) is 32.3 Å². The van der Waals surface area contributed by atoms with E-state index in [2.05, 4.69) is 19.9 Å². The molecule has 0 bridgehead atoms. The minimum absolute atomic E-state index is 0. The summed E-state index contributed by atoms with van der Waals surface area (Å²) in [6.07, 6.45) is -4.37. The first-order valence-electron chi connectivity index (χ1n) is 6.67. The monoisotopic (exact) mass is 357 g/mol. The van der Waals surface area contributed by atoms with Crippen molar-refractivity contribution in [2.45, 2.75) is 32.5 Å². The molecule has 0 amide bonds. The van der Waals surface area contributed by atoms with Gasteiger partial charge in [0.15, 0.2) is 0 Å². The van der Waals surface area contributed by atoms with E-state index in [1.165, 1.54) is 17.7 Å². The van der Waals surface area contributed by atoms with Crippen LogP contribution in [0.2, 0.25) is 0 Å². The van der Waals surface area contributed by atoms with Crippen molar-refractivity contribution in [3.05, 3.63) is 65.2 Å². The van der Waals surface area contributed by atoms with Crippen LogP contribution in [0.4, 0.5) is 13.2 Å². The summed E-state index contributed by atoms with van der Waals surface area (Å²) in [6.45, 7) is 4.55. The van der Waals surface area contributed by atoms with Gasteiger partial charge in [-0.3, -0.25) is 0 Å². The predicted molar refractivity (Wildman–Crippen MR) is 75.1 cm³/mol. The SMILES string of the molecule is CC(C)c1ccc(COc2c[c-]c(C(F)(F)F)cc2)cc1.[Zn]. The molecule has 0 N–H and O–H groups in total. The van der Waals surface area contributed by atoms with E-state index in [0.29, 0.717) is 18.3 Å². The second-order valence-corrected chi connectivity index (χ2v) is 5.12. The zero-order chi connectivity index (χ0) is 15.5. The van der Waals surface area contributed by atoms with E-state index in [1.807, 2.05) is 24.3 Å². The maximum absolute atomic E-state index is 12.4. The standard InChI is InChI=1S/C17H16F3O.Zn/c1-12(2)14-5-3-13(4-6-14)11-21-16-9-7-15(8-10-16)17(18,19)20;/h3-7,9-10,12H,11H2,1-2H3;/q-1;. The van der Waals surface area contributed by atoms with Gasteiger partial charge in [0, 0.05) is 25.2 Å². The van der Waals surface area contributed by atoms with Gasteiger partial charge >= 0.3 is 6.18 Å². The van der Waals surface area contributed by atoms with Gasteiger partial charge in [-0.15, -0.1) is 12.1 Å². The van der Waals surface area contributed by atoms with E-state index in [0.717, 1.165) is 11.6 Å². The van der Waals surface area contributed by atoms with E-state index in [1.54, 1.807) is 0 Å². The molecule has 2 aromatic carbocycles. The Morgan fingerprint density at radius 1 is 1.05 bits per heavy atom. The molecule has 0 fully saturated rings. The van der Waals surface area contributed by atoms with Gasteiger partial charge in [-0.25, -0.2) is 0 Å². The molecule has 0 saturated heterocycles. The fourth-order valence-corrected chi connectivity index (χ4v) is 1.84. The molecular weight excluding hydrogens is 343 g/mol. The molecule has 2 rings (SSSR count). The number of ether oxygens (including phenoxy) is 1. The van der Waals surface area contributed by atoms with E-state index in [4.69, 9.17) is 4.74 Å². The van der Waals surface area contributed by atoms with Gasteiger partial charge in [0.25, 0.3) is 0 Å². The topological polar surface area (TPSA) is 9.23 Å². The Morgan fingerprint density at radius 3 is 2.14 bits per heavy atom. The second-order valence-electron chi connectivity index (χ2n) is 5.12. The van der Waals surface area contributed by atoms with Crippen molar-refractivity contribution in [2.24, 2.45) is 0 Å². The van der Waals surface area contributed by atoms with Crippen LogP contribution in [0.25, 0.3) is 0 Å². The van der Waals surface area contributed by atoms with Crippen LogP contribution >= 0.6 is 0 Å². The molecule has 0 aliphatic rings. The number of alkyl halides is 3. The van der Waals surface area contributed by atoms with E-state index >= 15 is 0 Å². The number of halogens is 3. The van der Waals surface area contributed by atoms with Gasteiger partial charge in [0.05, 0.1) is 6.61 Å². The first-order chi connectivity index (χ1) is 9.86. The van der Waals surface area contributed by atoms with Gasteiger partial charge in [0.1, 0.15) is 0 Å². The van der Waals surface area contributed by atoms with Crippen molar-refractivity contribution in [3.63, 3.8) is 0 Å². The summed E-state index contributed by atoms with van der Waals surface area (Å²) in [5.74, 6) is 0.834. The van der Waals surface area contributed by atoms with Crippen LogP contribution in [0.3, 0.4) is 0 Å². The molecule has 0 spiro atoms. The van der Waals surface area contributed by atoms with E-state index in [9.17, 15) is 13.2 Å². The van der Waals surface area contributed by atoms with Gasteiger partial charge in [-0.05, 0) is 17.0 Å². The first-order valence-corrected chi connectivity index (χ1v) is 6.67. The quantitative estimate of drug-likeness (QED) is 0.539. The average molecular weight is 359 g/mol. The molecule has 2 aromatic rings. The normalized spacial score (nSPS) is 11.2. The maximum atomic E-state index is 12.4. The summed E-state index contributed by atoms with van der Waals surface area (Å²) >= 11 is 0. The third kappa shape index (κ3) is 5.13. The fraction of sp³-hybridized carbons (Fsp3) is 0.294. The zero-order valence-electron chi connectivity index (χ0n) is 12.6. The molecule has 0 radical (unpaired) electrons. The summed E-state index contributed by atoms with van der Waals surface area (Å²) in [6, 6.07) is 13.7. The molecule has 0 atom stereocenters. The molecule has 0 aromatic heterocycles. The zero-order valence-corrected chi connectivity index (χ0v) is 15.5. The predicted octanol–water partition coefficient (Wildman–Crippen LogP) is 5.21. The molecule has 0 unspecified atom stereocenters. The molecular formula is C17H16F3OZn-. The van der Waals surface area contributed by atoms with Gasteiger partial charge in [0.2, 0.25) is 0 Å². The molecule has 114 valence electrons. The average Bonchev–Trinajstić information content (AvgIpc) is 2.45. The number of hydrogen-bond acceptors (Lipinski definition) is 1. The largest absolute Gasteiger partial charge is 0.547 e. The van der Waals surface area contributed by atoms with Gasteiger partial charge in [-0.1, -0.05) is 43.7 Å². The van der Waals surface area contributed by atoms with Crippen LogP contribution in [-0.4, -0.2) is 0 Å². The Labute approximate surface area is 141 Å². The Bertz CT molecular complexity index is 574. The molecule has 0 heterocycles. The molecule has 0 aliphatic carbocycles. The summed E-state index contributed by atoms with van der Waals surface area (Å²) in [4.78, 5) is 0. The van der Waals surface area contributed by atoms with Crippen molar-refractivity contribution in [2.75, 3.05) is 0 Å². The summed E-state index contributed by atoms with van der Waals surface area (Å²) in [7, 11) is 0. The third-order valence-electron chi connectivity index (χ3n) is 3.14. The van der Waals surface area contributed by atoms with Gasteiger partial charge in [-0.2, -0.15) is 25.3 Å². The molecule has 1 nitrogen and oxygen atoms in total. The van der Waals surface area contributed by atoms with Crippen molar-refractivity contribution in [1.29, 1.82) is 0 Å². The minimum Gasteiger partial charge on any atom is -0.547 e. The smallest absolute Gasteiger partial charge is 0.394 e. The van der Waals surface area contributed by atoms with Crippen molar-refractivity contribution in [1.82, 2.24) is 0 Å². The Hall–Kier alpha value is -1.35. The van der Waals surface area contributed by atoms with E-state index in [-0.39, 0.29) is 19.5 Å². The Balaban J connectivity index is 0.00000242. The van der Waals surface area contributed by atoms with Crippen molar-refractivity contribution >= 4 is 0 Å². The summed E-state index contributed by atoms with van der Waals surface area (Å²) in [5.41, 5.74) is 1.41. The van der Waals surface area contributed by atoms with Crippen LogP contribution in [0.5, 0.6) is 5.75 Å². The summed E-state index contributed by atoms with van der Waals surface area (Å²) < 4.78 is 42.7. The number of benzene rings is 2. The number of rotatable bonds is 4. The van der Waals surface area contributed by atoms with Crippen LogP contribution < -0.4 is 4.74 Å². The van der Waals surface area contributed by atoms with Crippen LogP contribution in [0, 0.1) is 6.07 Å². The van der Waals surface area contributed by atoms with E-state index < -0.39 is 11.7 Å². The molecule has 0 saturated carbocycles. The summed E-state index contributed by atoms with van der Waals surface area (Å²) in [5, 5.41) is 0. The van der Waals surface area contributed by atoms with Crippen molar-refractivity contribution < 1.29 is 37.4 Å². The van der Waals surface area contributed by atoms with Crippen LogP contribution in [0.1, 0.15) is 36.5 Å². The third-order valence-corrected chi connectivity index (χ3v) is 3.14. The Kier molecular flexibility index (Phi) is 6.61. The molecule has 22 heavy (non-hydrogen) atoms. The minimum atomic E-state index is -4.37. The van der Waals surface area contributed by atoms with Crippen molar-refractivity contribution in [3.8, 4) is 5.75 Å². The maximum Gasteiger partial charge on any atom is 0.394 e. The molecule has 5 heteroatoms. The van der Waals surface area contributed by atoms with Crippen LogP contribution in [0.15, 0.2) is 42.5 Å². The fourth-order valence-electron chi connectivity index (χ4n) is 1.84. The second kappa shape index (κ2) is 7.78. The first kappa shape index (κ1) is 18.7. The Morgan fingerprint density at radius 2 is 1.68 bits per heavy atom. The number of hydrogen-bond donors (Lipinski definition) is 0. The molecule has 0 aliphatic heterocycles. The van der Waals surface area contributed by atoms with Gasteiger partial charge < -0.3 is 4.74 Å².